The molecule has 0 aromatic heterocycles. The number of alkyl carbamates (subject to hydrolysis) is 1. The van der Waals surface area contributed by atoms with Crippen LogP contribution in [-0.2, 0) is 42.7 Å². The number of fused-ring (bicyclic) bond motifs is 5. The third-order valence-electron chi connectivity index (χ3n) is 16.4. The normalized spacial score (nSPS) is 35.1. The minimum Gasteiger partial charge on any atom is -0.466 e. The molecule has 10 N–H and O–H groups in total. The number of carbonyl (C=O) groups is 3. The first-order valence-corrected chi connectivity index (χ1v) is 29.6. The van der Waals surface area contributed by atoms with Crippen LogP contribution in [0, 0.1) is 17.8 Å². The summed E-state index contributed by atoms with van der Waals surface area (Å²) in [5.74, 6) is -5.15. The smallest absolute Gasteiger partial charge is 0.407 e. The minimum atomic E-state index is -1.74. The zero-order valence-electron chi connectivity index (χ0n) is 49.8. The van der Waals surface area contributed by atoms with Crippen molar-refractivity contribution in [2.75, 3.05) is 20.8 Å². The van der Waals surface area contributed by atoms with Gasteiger partial charge in [-0.1, -0.05) is 154 Å². The molecule has 2 fully saturated rings. The van der Waals surface area contributed by atoms with Crippen molar-refractivity contribution in [3.63, 3.8) is 0 Å². The lowest BCUT2D eigenvalue weighted by atomic mass is 9.82. The SMILES string of the molecule is COC(=O)/C=C/[C@H]1[C@@H]2C[C@@H](O[C@@H]3O[C@H](C)[C@@H](O)[C@H](NC(=O)OCC4c5ccccc5-c5ccccc54)[C@@H]3O)C=CC=CC=CC=CC=CC=CC=C[C@H](C)[C@@H](O)[C@@H](C)[C@H](C)OC(=O)C[C@H](O)C[C@H](O)CC[C@@H](O)[C@H](O)C[C@H](O)C[C@](OC)(C[C@@H]1O)O2. The first kappa shape index (κ1) is 69.2. The Morgan fingerprint density at radius 3 is 1.85 bits per heavy atom. The molecular formula is C66H89NO19. The molecule has 0 radical (unpaired) electrons. The van der Waals surface area contributed by atoms with Crippen LogP contribution in [0.1, 0.15) is 96.1 Å². The van der Waals surface area contributed by atoms with E-state index in [2.05, 4.69) is 5.32 Å². The molecule has 6 rings (SSSR count). The van der Waals surface area contributed by atoms with Gasteiger partial charge in [0.25, 0.3) is 0 Å². The summed E-state index contributed by atoms with van der Waals surface area (Å²) >= 11 is 0. The van der Waals surface area contributed by atoms with Crippen molar-refractivity contribution in [3.8, 4) is 11.1 Å². The van der Waals surface area contributed by atoms with Gasteiger partial charge in [0, 0.05) is 62.5 Å². The maximum atomic E-state index is 13.6. The van der Waals surface area contributed by atoms with Crippen molar-refractivity contribution in [3.05, 3.63) is 157 Å². The Labute approximate surface area is 504 Å². The van der Waals surface area contributed by atoms with Crippen molar-refractivity contribution >= 4 is 18.0 Å². The van der Waals surface area contributed by atoms with E-state index >= 15 is 0 Å². The Morgan fingerprint density at radius 1 is 0.651 bits per heavy atom. The number of methoxy groups -OCH3 is 2. The molecule has 0 unspecified atom stereocenters. The topological polar surface area (TPSA) is 310 Å². The molecule has 0 spiro atoms. The molecule has 4 aliphatic rings. The van der Waals surface area contributed by atoms with Crippen LogP contribution >= 0.6 is 0 Å². The Morgan fingerprint density at radius 2 is 1.24 bits per heavy atom. The van der Waals surface area contributed by atoms with Crippen LogP contribution in [0.5, 0.6) is 0 Å². The number of ether oxygens (including phenoxy) is 7. The van der Waals surface area contributed by atoms with E-state index in [0.717, 1.165) is 28.3 Å². The third-order valence-corrected chi connectivity index (χ3v) is 16.4. The van der Waals surface area contributed by atoms with Gasteiger partial charge in [0.05, 0.1) is 80.6 Å². The number of aliphatic hydroxyl groups excluding tert-OH is 9. The average molecular weight is 1200 g/mol. The molecule has 2 aromatic rings. The molecule has 3 aliphatic heterocycles. The number of carbonyl (C=O) groups excluding carboxylic acids is 3. The first-order valence-electron chi connectivity index (χ1n) is 29.6. The van der Waals surface area contributed by atoms with E-state index < -0.39 is 140 Å². The lowest BCUT2D eigenvalue weighted by Crippen LogP contribution is -2.64. The number of rotatable bonds is 8. The van der Waals surface area contributed by atoms with Gasteiger partial charge in [-0.05, 0) is 55.4 Å². The standard InChI is InChI=1S/C66H89NO19/c1-40-23-17-15-13-11-9-7-8-10-12-14-16-18-24-47(85-64-63(78)60(62(77)43(4)84-64)67-65(79)82-39-53-50-27-21-19-25-48(50)49-26-20-22-28-51(49)53)36-57-52(30-32-58(74)80-5)56(73)38-66(81-6,86-57)37-46(70)34-55(72)54(71)31-29-44(68)33-45(69)35-59(75)83-42(3)41(2)61(40)76/h7-28,30,32,40-47,52-57,60-64,68-73,76-78H,29,31,33-39H2,1-6H3,(H,67,79)/b8-7?,11-9?,12-10?,15-13?,16-14?,23-17?,24-18?,32-30+/t40-,41-,42-,43+,44+,45+,46-,47-,52+,54+,55+,56-,57-,60-,61+,62+,63-,64-,66+/m0/s1. The van der Waals surface area contributed by atoms with E-state index in [-0.39, 0.29) is 57.0 Å². The molecule has 0 saturated carbocycles. The predicted molar refractivity (Wildman–Crippen MR) is 319 cm³/mol. The predicted octanol–water partition coefficient (Wildman–Crippen LogP) is 5.59. The fourth-order valence-electron chi connectivity index (χ4n) is 11.3. The molecule has 86 heavy (non-hydrogen) atoms. The molecule has 20 heteroatoms. The molecule has 2 bridgehead atoms. The molecule has 3 heterocycles. The lowest BCUT2D eigenvalue weighted by Gasteiger charge is -2.47. The highest BCUT2D eigenvalue weighted by atomic mass is 16.7. The van der Waals surface area contributed by atoms with Crippen LogP contribution in [0.4, 0.5) is 4.79 Å². The van der Waals surface area contributed by atoms with Crippen LogP contribution in [0.25, 0.3) is 11.1 Å². The summed E-state index contributed by atoms with van der Waals surface area (Å²) < 4.78 is 41.4. The van der Waals surface area contributed by atoms with E-state index in [9.17, 15) is 60.3 Å². The van der Waals surface area contributed by atoms with Crippen molar-refractivity contribution in [2.45, 2.75) is 182 Å². The van der Waals surface area contributed by atoms with Crippen molar-refractivity contribution in [1.82, 2.24) is 5.32 Å². The second-order valence-corrected chi connectivity index (χ2v) is 22.8. The molecular weight excluding hydrogens is 1110 g/mol. The second-order valence-electron chi connectivity index (χ2n) is 22.8. The van der Waals surface area contributed by atoms with Crippen molar-refractivity contribution < 1.29 is 93.5 Å². The highest BCUT2D eigenvalue weighted by Crippen LogP contribution is 2.45. The van der Waals surface area contributed by atoms with Gasteiger partial charge in [-0.25, -0.2) is 9.59 Å². The number of aliphatic hydroxyl groups is 9. The van der Waals surface area contributed by atoms with Crippen LogP contribution < -0.4 is 5.32 Å². The molecule has 20 nitrogen and oxygen atoms in total. The number of nitrogens with one attached hydrogen (secondary N) is 1. The number of hydrogen-bond donors (Lipinski definition) is 10. The van der Waals surface area contributed by atoms with Crippen LogP contribution in [0.15, 0.2) is 146 Å². The summed E-state index contributed by atoms with van der Waals surface area (Å²) in [5, 5.41) is 104. The van der Waals surface area contributed by atoms with E-state index in [1.54, 1.807) is 63.3 Å². The fraction of sp³-hybridized carbons (Fsp3) is 0.530. The summed E-state index contributed by atoms with van der Waals surface area (Å²) in [4.78, 5) is 38.9. The van der Waals surface area contributed by atoms with Gasteiger partial charge in [0.15, 0.2) is 12.1 Å². The minimum absolute atomic E-state index is 0.0309. The number of amides is 1. The Bertz CT molecular complexity index is 2680. The average Bonchev–Trinajstić information content (AvgIpc) is 1.61. The van der Waals surface area contributed by atoms with Crippen molar-refractivity contribution in [2.24, 2.45) is 17.8 Å². The first-order chi connectivity index (χ1) is 41.1. The fourth-order valence-corrected chi connectivity index (χ4v) is 11.3. The molecule has 2 saturated heterocycles. The van der Waals surface area contributed by atoms with Gasteiger partial charge in [0.2, 0.25) is 0 Å². The summed E-state index contributed by atoms with van der Waals surface area (Å²) in [5.41, 5.74) is 4.06. The van der Waals surface area contributed by atoms with E-state index in [0.29, 0.717) is 0 Å². The maximum Gasteiger partial charge on any atom is 0.407 e. The van der Waals surface area contributed by atoms with E-state index in [1.807, 2.05) is 98.0 Å². The Hall–Kier alpha value is -5.95. The number of esters is 2. The van der Waals surface area contributed by atoms with E-state index in [1.165, 1.54) is 20.3 Å². The second kappa shape index (κ2) is 34.0. The lowest BCUT2D eigenvalue weighted by molar-refractivity contribution is -0.315. The molecule has 2 aromatic carbocycles. The summed E-state index contributed by atoms with van der Waals surface area (Å²) in [7, 11) is 2.50. The summed E-state index contributed by atoms with van der Waals surface area (Å²) in [6, 6.07) is 14.4. The zero-order valence-corrected chi connectivity index (χ0v) is 49.8. The Balaban J connectivity index is 1.24. The van der Waals surface area contributed by atoms with Crippen LogP contribution in [0.3, 0.4) is 0 Å². The highest BCUT2D eigenvalue weighted by molar-refractivity contribution is 5.82. The highest BCUT2D eigenvalue weighted by Gasteiger charge is 2.50. The molecule has 1 aliphatic carbocycles. The maximum absolute atomic E-state index is 13.6. The van der Waals surface area contributed by atoms with Gasteiger partial charge < -0.3 is 84.4 Å². The molecule has 19 atom stereocenters. The summed E-state index contributed by atoms with van der Waals surface area (Å²) in [6.45, 7) is 6.77. The largest absolute Gasteiger partial charge is 0.466 e. The quantitative estimate of drug-likeness (QED) is 0.0875. The molecule has 1 amide bonds. The Kier molecular flexibility index (Phi) is 27.3. The van der Waals surface area contributed by atoms with Crippen molar-refractivity contribution in [1.29, 1.82) is 0 Å². The monoisotopic (exact) mass is 1200 g/mol. The number of benzene rings is 2. The van der Waals surface area contributed by atoms with Crippen LogP contribution in [0.2, 0.25) is 0 Å². The summed E-state index contributed by atoms with van der Waals surface area (Å²) in [6.07, 6.45) is 7.04. The van der Waals surface area contributed by atoms with Gasteiger partial charge in [-0.2, -0.15) is 0 Å². The molecule has 472 valence electrons. The number of allylic oxidation sites excluding steroid dienone is 12. The third kappa shape index (κ3) is 20.0. The van der Waals surface area contributed by atoms with E-state index in [4.69, 9.17) is 33.2 Å². The van der Waals surface area contributed by atoms with Gasteiger partial charge in [0.1, 0.15) is 24.9 Å². The van der Waals surface area contributed by atoms with Gasteiger partial charge in [-0.15, -0.1) is 0 Å². The van der Waals surface area contributed by atoms with Crippen LogP contribution in [-0.4, -0.2) is 182 Å². The van der Waals surface area contributed by atoms with Gasteiger partial charge >= 0.3 is 18.0 Å². The number of hydrogen-bond acceptors (Lipinski definition) is 19. The zero-order chi connectivity index (χ0) is 62.5. The van der Waals surface area contributed by atoms with Gasteiger partial charge in [-0.3, -0.25) is 4.79 Å². The number of cyclic esters (lactones) is 1.